The minimum atomic E-state index is -4.30. The van der Waals surface area contributed by atoms with Crippen LogP contribution in [-0.2, 0) is 27.9 Å². The lowest BCUT2D eigenvalue weighted by molar-refractivity contribution is -0.153. The van der Waals surface area contributed by atoms with Crippen LogP contribution in [0.4, 0.5) is 0 Å². The summed E-state index contributed by atoms with van der Waals surface area (Å²) in [6.07, 6.45) is 46.1. The number of rotatable bonds is 37. The van der Waals surface area contributed by atoms with Crippen molar-refractivity contribution in [2.24, 2.45) is 5.73 Å². The number of phosphoric acid groups is 1. The Hall–Kier alpha value is -1.96. The second-order valence-electron chi connectivity index (χ2n) is 12.8. The summed E-state index contributed by atoms with van der Waals surface area (Å²) in [5, 5.41) is 0. The first kappa shape index (κ1) is 48.0. The molecule has 0 aromatic rings. The number of nitrogens with two attached hydrogens (primary N) is 1. The summed E-state index contributed by atoms with van der Waals surface area (Å²) in [6.45, 7) is 4.07. The van der Waals surface area contributed by atoms with Crippen LogP contribution < -0.4 is 5.73 Å². The van der Waals surface area contributed by atoms with Crippen LogP contribution in [-0.4, -0.2) is 43.3 Å². The van der Waals surface area contributed by atoms with Gasteiger partial charge in [-0.3, -0.25) is 13.8 Å². The van der Waals surface area contributed by atoms with E-state index in [1.807, 2.05) is 6.08 Å². The molecular weight excluding hydrogens is 649 g/mol. The lowest BCUT2D eigenvalue weighted by atomic mass is 10.1. The van der Waals surface area contributed by atoms with Crippen molar-refractivity contribution in [2.75, 3.05) is 26.4 Å². The molecule has 9 heteroatoms. The Morgan fingerprint density at radius 2 is 1.14 bits per heavy atom. The van der Waals surface area contributed by atoms with E-state index in [-0.39, 0.29) is 38.8 Å². The zero-order valence-corrected chi connectivity index (χ0v) is 32.8. The van der Waals surface area contributed by atoms with Crippen molar-refractivity contribution in [3.05, 3.63) is 60.9 Å². The third kappa shape index (κ3) is 37.3. The van der Waals surface area contributed by atoms with Crippen molar-refractivity contribution >= 4 is 13.8 Å². The fourth-order valence-corrected chi connectivity index (χ4v) is 5.85. The Balaban J connectivity index is 4.18. The van der Waals surface area contributed by atoms with E-state index in [9.17, 15) is 14.3 Å². The highest BCUT2D eigenvalue weighted by atomic mass is 31.2. The molecule has 0 aliphatic rings. The number of carbonyl (C=O) groups is 1. The van der Waals surface area contributed by atoms with Gasteiger partial charge < -0.3 is 20.1 Å². The van der Waals surface area contributed by atoms with Crippen LogP contribution in [0.5, 0.6) is 0 Å². The highest BCUT2D eigenvalue weighted by Crippen LogP contribution is 2.43. The van der Waals surface area contributed by atoms with E-state index in [4.69, 9.17) is 24.3 Å². The summed E-state index contributed by atoms with van der Waals surface area (Å²) in [6, 6.07) is 0. The van der Waals surface area contributed by atoms with Gasteiger partial charge in [-0.2, -0.15) is 0 Å². The van der Waals surface area contributed by atoms with Crippen LogP contribution in [0.25, 0.3) is 0 Å². The smallest absolute Gasteiger partial charge is 0.472 e. The lowest BCUT2D eigenvalue weighted by Crippen LogP contribution is -2.27. The second-order valence-corrected chi connectivity index (χ2v) is 14.3. The maximum Gasteiger partial charge on any atom is 0.472 e. The molecule has 0 bridgehead atoms. The monoisotopic (exact) mass is 724 g/mol. The van der Waals surface area contributed by atoms with Gasteiger partial charge in [-0.25, -0.2) is 4.57 Å². The van der Waals surface area contributed by atoms with E-state index in [1.165, 1.54) is 70.6 Å². The molecule has 0 saturated carbocycles. The molecular formula is C41H74NO7P. The summed E-state index contributed by atoms with van der Waals surface area (Å²) in [5.74, 6) is -0.374. The molecule has 290 valence electrons. The molecule has 1 unspecified atom stereocenters. The van der Waals surface area contributed by atoms with E-state index in [0.29, 0.717) is 0 Å². The molecule has 0 aliphatic heterocycles. The molecule has 0 radical (unpaired) electrons. The molecule has 50 heavy (non-hydrogen) atoms. The number of allylic oxidation sites excluding steroid dienone is 9. The summed E-state index contributed by atoms with van der Waals surface area (Å²) in [5.41, 5.74) is 5.35. The van der Waals surface area contributed by atoms with Gasteiger partial charge in [0.15, 0.2) is 6.10 Å². The zero-order chi connectivity index (χ0) is 36.6. The van der Waals surface area contributed by atoms with Crippen LogP contribution in [0.1, 0.15) is 162 Å². The molecule has 3 N–H and O–H groups in total. The van der Waals surface area contributed by atoms with Crippen molar-refractivity contribution in [1.29, 1.82) is 0 Å². The number of carbonyl (C=O) groups excluding carboxylic acids is 1. The maximum absolute atomic E-state index is 12.5. The van der Waals surface area contributed by atoms with Gasteiger partial charge in [-0.1, -0.05) is 127 Å². The van der Waals surface area contributed by atoms with Gasteiger partial charge >= 0.3 is 13.8 Å². The Morgan fingerprint density at radius 1 is 0.640 bits per heavy atom. The van der Waals surface area contributed by atoms with Crippen LogP contribution in [0.2, 0.25) is 0 Å². The molecule has 0 amide bonds. The second kappa shape index (κ2) is 38.3. The highest BCUT2D eigenvalue weighted by Gasteiger charge is 2.25. The largest absolute Gasteiger partial charge is 0.498 e. The molecule has 0 rings (SSSR count). The van der Waals surface area contributed by atoms with Crippen molar-refractivity contribution in [1.82, 2.24) is 0 Å². The van der Waals surface area contributed by atoms with Crippen LogP contribution in [0.3, 0.4) is 0 Å². The molecule has 0 fully saturated rings. The van der Waals surface area contributed by atoms with Gasteiger partial charge in [0.05, 0.1) is 19.5 Å². The fraction of sp³-hybridized carbons (Fsp3) is 0.732. The van der Waals surface area contributed by atoms with Crippen LogP contribution >= 0.6 is 7.82 Å². The van der Waals surface area contributed by atoms with Gasteiger partial charge in [-0.15, -0.1) is 0 Å². The zero-order valence-electron chi connectivity index (χ0n) is 31.9. The van der Waals surface area contributed by atoms with Gasteiger partial charge in [0.25, 0.3) is 0 Å². The molecule has 2 atom stereocenters. The molecule has 0 spiro atoms. The Morgan fingerprint density at radius 3 is 1.72 bits per heavy atom. The van der Waals surface area contributed by atoms with Crippen molar-refractivity contribution in [3.8, 4) is 0 Å². The third-order valence-corrected chi connectivity index (χ3v) is 8.97. The average molecular weight is 724 g/mol. The van der Waals surface area contributed by atoms with E-state index in [2.05, 4.69) is 62.5 Å². The van der Waals surface area contributed by atoms with Gasteiger partial charge in [0.2, 0.25) is 0 Å². The number of hydrogen-bond donors (Lipinski definition) is 2. The molecule has 0 heterocycles. The predicted octanol–water partition coefficient (Wildman–Crippen LogP) is 11.8. The summed E-state index contributed by atoms with van der Waals surface area (Å²) >= 11 is 0. The minimum absolute atomic E-state index is 0.0194. The molecule has 0 saturated heterocycles. The first-order valence-corrected chi connectivity index (χ1v) is 21.3. The highest BCUT2D eigenvalue weighted by molar-refractivity contribution is 7.47. The SMILES string of the molecule is CC/C=C\C/C=C\C/C=C\CCCCCCCC(=O)O[C@H](CO/C=C\CCCCCCCC/C=C\CCCCCC)COP(=O)(O)OCCN. The van der Waals surface area contributed by atoms with Gasteiger partial charge in [-0.05, 0) is 83.1 Å². The molecule has 0 aromatic heterocycles. The van der Waals surface area contributed by atoms with Gasteiger partial charge in [0.1, 0.15) is 6.61 Å². The number of ether oxygens (including phenoxy) is 2. The topological polar surface area (TPSA) is 117 Å². The number of esters is 1. The Bertz CT molecular complexity index is 947. The quantitative estimate of drug-likeness (QED) is 0.0214. The fourth-order valence-electron chi connectivity index (χ4n) is 5.09. The van der Waals surface area contributed by atoms with Crippen molar-refractivity contribution < 1.29 is 32.8 Å². The molecule has 0 aliphatic carbocycles. The molecule has 0 aromatic carbocycles. The van der Waals surface area contributed by atoms with E-state index in [1.54, 1.807) is 6.26 Å². The number of phosphoric ester groups is 1. The maximum atomic E-state index is 12.5. The number of hydrogen-bond acceptors (Lipinski definition) is 7. The first-order chi connectivity index (χ1) is 24.4. The first-order valence-electron chi connectivity index (χ1n) is 19.8. The van der Waals surface area contributed by atoms with E-state index in [0.717, 1.165) is 70.6 Å². The summed E-state index contributed by atoms with van der Waals surface area (Å²) in [7, 11) is -4.30. The molecule has 8 nitrogen and oxygen atoms in total. The normalized spacial score (nSPS) is 14.2. The predicted molar refractivity (Wildman–Crippen MR) is 210 cm³/mol. The standard InChI is InChI=1S/C41H74NO7P/c1-3-5-7-9-11-13-15-17-19-21-23-25-27-29-31-33-36-46-38-40(39-48-50(44,45)47-37-35-42)49-41(43)34-32-30-28-26-24-22-20-18-16-14-12-10-8-6-4-2/h6,8,12-15,18,20,33,36,40H,3-5,7,9-11,16-17,19,21-32,34-35,37-39,42H2,1-2H3,(H,44,45)/b8-6-,14-12-,15-13-,20-18-,36-33-/t40-/m1/s1. The summed E-state index contributed by atoms with van der Waals surface area (Å²) < 4.78 is 33.1. The number of unbranched alkanes of at least 4 members (excludes halogenated alkanes) is 16. The average Bonchev–Trinajstić information content (AvgIpc) is 3.10. The van der Waals surface area contributed by atoms with E-state index < -0.39 is 13.9 Å². The Kier molecular flexibility index (Phi) is 36.8. The Labute approximate surface area is 306 Å². The van der Waals surface area contributed by atoms with Crippen LogP contribution in [0, 0.1) is 0 Å². The summed E-state index contributed by atoms with van der Waals surface area (Å²) in [4.78, 5) is 22.4. The van der Waals surface area contributed by atoms with Crippen molar-refractivity contribution in [3.63, 3.8) is 0 Å². The lowest BCUT2D eigenvalue weighted by Gasteiger charge is -2.19. The van der Waals surface area contributed by atoms with Gasteiger partial charge in [0, 0.05) is 13.0 Å². The van der Waals surface area contributed by atoms with Crippen LogP contribution in [0.15, 0.2) is 60.9 Å². The third-order valence-electron chi connectivity index (χ3n) is 7.98. The minimum Gasteiger partial charge on any atom is -0.498 e. The van der Waals surface area contributed by atoms with Crippen molar-refractivity contribution in [2.45, 2.75) is 168 Å². The van der Waals surface area contributed by atoms with E-state index >= 15 is 0 Å².